The Morgan fingerprint density at radius 2 is 2.14 bits per heavy atom. The standard InChI is InChI=1S/C16H20N4O2/c1-9-5-6-13-11(7-9)12(8-16(3,4)22-13)17-15(21)14-10(2)18-20-19-14/h5-7,12H,8H2,1-4H3,(H,17,21)(H,18,19,20). The van der Waals surface area contributed by atoms with Gasteiger partial charge in [0.05, 0.1) is 11.7 Å². The number of amides is 1. The van der Waals surface area contributed by atoms with Crippen molar-refractivity contribution in [2.75, 3.05) is 0 Å². The van der Waals surface area contributed by atoms with Gasteiger partial charge < -0.3 is 10.1 Å². The molecular weight excluding hydrogens is 280 g/mol. The second-order valence-electron chi connectivity index (χ2n) is 6.39. The molecule has 1 aromatic carbocycles. The zero-order valence-corrected chi connectivity index (χ0v) is 13.2. The molecule has 6 nitrogen and oxygen atoms in total. The van der Waals surface area contributed by atoms with Gasteiger partial charge in [0.25, 0.3) is 5.91 Å². The van der Waals surface area contributed by atoms with Crippen molar-refractivity contribution in [3.8, 4) is 5.75 Å². The molecule has 2 heterocycles. The van der Waals surface area contributed by atoms with Crippen LogP contribution in [0.15, 0.2) is 18.2 Å². The third-order valence-electron chi connectivity index (χ3n) is 3.87. The summed E-state index contributed by atoms with van der Waals surface area (Å²) < 4.78 is 6.02. The van der Waals surface area contributed by atoms with Crippen molar-refractivity contribution in [3.63, 3.8) is 0 Å². The SMILES string of the molecule is Cc1ccc2c(c1)C(NC(=O)c1n[nH]nc1C)CC(C)(C)O2. The van der Waals surface area contributed by atoms with E-state index in [1.54, 1.807) is 6.92 Å². The van der Waals surface area contributed by atoms with Gasteiger partial charge in [-0.3, -0.25) is 4.79 Å². The van der Waals surface area contributed by atoms with Crippen LogP contribution in [0.1, 0.15) is 53.6 Å². The van der Waals surface area contributed by atoms with E-state index < -0.39 is 0 Å². The number of hydrogen-bond acceptors (Lipinski definition) is 4. The number of aryl methyl sites for hydroxylation is 2. The Hall–Kier alpha value is -2.37. The topological polar surface area (TPSA) is 79.9 Å². The summed E-state index contributed by atoms with van der Waals surface area (Å²) in [6, 6.07) is 5.93. The van der Waals surface area contributed by atoms with Crippen LogP contribution in [-0.2, 0) is 0 Å². The number of H-pyrrole nitrogens is 1. The van der Waals surface area contributed by atoms with E-state index in [9.17, 15) is 4.79 Å². The van der Waals surface area contributed by atoms with E-state index in [2.05, 4.69) is 26.8 Å². The Bertz CT molecular complexity index is 721. The van der Waals surface area contributed by atoms with Gasteiger partial charge in [-0.2, -0.15) is 15.4 Å². The number of fused-ring (bicyclic) bond motifs is 1. The van der Waals surface area contributed by atoms with Crippen molar-refractivity contribution >= 4 is 5.91 Å². The molecule has 2 N–H and O–H groups in total. The largest absolute Gasteiger partial charge is 0.487 e. The van der Waals surface area contributed by atoms with Gasteiger partial charge in [0.1, 0.15) is 11.4 Å². The predicted octanol–water partition coefficient (Wildman–Crippen LogP) is 2.45. The highest BCUT2D eigenvalue weighted by atomic mass is 16.5. The van der Waals surface area contributed by atoms with Crippen LogP contribution in [0.25, 0.3) is 0 Å². The fourth-order valence-electron chi connectivity index (χ4n) is 2.83. The van der Waals surface area contributed by atoms with Gasteiger partial charge in [-0.25, -0.2) is 0 Å². The normalized spacial score (nSPS) is 19.2. The lowest BCUT2D eigenvalue weighted by Crippen LogP contribution is -2.41. The van der Waals surface area contributed by atoms with E-state index in [-0.39, 0.29) is 17.6 Å². The highest BCUT2D eigenvalue weighted by Crippen LogP contribution is 2.39. The molecule has 6 heteroatoms. The molecule has 22 heavy (non-hydrogen) atoms. The minimum Gasteiger partial charge on any atom is -0.487 e. The molecule has 1 atom stereocenters. The Kier molecular flexibility index (Phi) is 3.39. The van der Waals surface area contributed by atoms with Gasteiger partial charge in [0.15, 0.2) is 5.69 Å². The zero-order valence-electron chi connectivity index (χ0n) is 13.2. The molecule has 0 radical (unpaired) electrons. The second-order valence-corrected chi connectivity index (χ2v) is 6.39. The second kappa shape index (κ2) is 5.12. The highest BCUT2D eigenvalue weighted by Gasteiger charge is 2.35. The third-order valence-corrected chi connectivity index (χ3v) is 3.87. The molecule has 0 bridgehead atoms. The van der Waals surface area contributed by atoms with Crippen molar-refractivity contribution in [2.45, 2.75) is 45.8 Å². The first-order valence-corrected chi connectivity index (χ1v) is 7.33. The van der Waals surface area contributed by atoms with Crippen molar-refractivity contribution in [1.82, 2.24) is 20.7 Å². The Morgan fingerprint density at radius 1 is 1.36 bits per heavy atom. The Labute approximate surface area is 129 Å². The van der Waals surface area contributed by atoms with Crippen LogP contribution in [0.3, 0.4) is 0 Å². The van der Waals surface area contributed by atoms with Crippen LogP contribution in [0.2, 0.25) is 0 Å². The van der Waals surface area contributed by atoms with Crippen LogP contribution in [0, 0.1) is 13.8 Å². The summed E-state index contributed by atoms with van der Waals surface area (Å²) in [5, 5.41) is 13.3. The number of nitrogens with zero attached hydrogens (tertiary/aromatic N) is 2. The quantitative estimate of drug-likeness (QED) is 0.893. The maximum atomic E-state index is 12.4. The number of carbonyl (C=O) groups is 1. The highest BCUT2D eigenvalue weighted by molar-refractivity contribution is 5.93. The first-order chi connectivity index (χ1) is 10.4. The molecule has 2 aromatic rings. The number of ether oxygens (including phenoxy) is 1. The van der Waals surface area contributed by atoms with E-state index >= 15 is 0 Å². The van der Waals surface area contributed by atoms with Crippen LogP contribution < -0.4 is 10.1 Å². The lowest BCUT2D eigenvalue weighted by Gasteiger charge is -2.38. The zero-order chi connectivity index (χ0) is 15.9. The number of nitrogens with one attached hydrogen (secondary N) is 2. The molecular formula is C16H20N4O2. The van der Waals surface area contributed by atoms with E-state index in [0.29, 0.717) is 17.8 Å². The third kappa shape index (κ3) is 2.68. The molecule has 1 amide bonds. The molecule has 1 aliphatic rings. The Morgan fingerprint density at radius 3 is 2.82 bits per heavy atom. The molecule has 0 saturated heterocycles. The fraction of sp³-hybridized carbons (Fsp3) is 0.438. The van der Waals surface area contributed by atoms with Gasteiger partial charge in [-0.15, -0.1) is 0 Å². The van der Waals surface area contributed by atoms with Gasteiger partial charge >= 0.3 is 0 Å². The summed E-state index contributed by atoms with van der Waals surface area (Å²) in [6.07, 6.45) is 0.700. The minimum atomic E-state index is -0.334. The number of aromatic nitrogens is 3. The van der Waals surface area contributed by atoms with Gasteiger partial charge in [-0.1, -0.05) is 17.7 Å². The molecule has 3 rings (SSSR count). The van der Waals surface area contributed by atoms with Crippen LogP contribution in [0.4, 0.5) is 0 Å². The van der Waals surface area contributed by atoms with Gasteiger partial charge in [-0.05, 0) is 33.8 Å². The summed E-state index contributed by atoms with van der Waals surface area (Å²) in [5.41, 5.74) is 2.73. The van der Waals surface area contributed by atoms with Crippen LogP contribution in [-0.4, -0.2) is 26.9 Å². The summed E-state index contributed by atoms with van der Waals surface area (Å²) >= 11 is 0. The summed E-state index contributed by atoms with van der Waals surface area (Å²) in [4.78, 5) is 12.4. The first-order valence-electron chi connectivity index (χ1n) is 7.33. The molecule has 0 fully saturated rings. The Balaban J connectivity index is 1.92. The lowest BCUT2D eigenvalue weighted by atomic mass is 9.89. The number of aromatic amines is 1. The fourth-order valence-corrected chi connectivity index (χ4v) is 2.83. The maximum absolute atomic E-state index is 12.4. The average Bonchev–Trinajstić information content (AvgIpc) is 2.85. The molecule has 1 aromatic heterocycles. The lowest BCUT2D eigenvalue weighted by molar-refractivity contribution is 0.0617. The van der Waals surface area contributed by atoms with Crippen molar-refractivity contribution in [3.05, 3.63) is 40.7 Å². The van der Waals surface area contributed by atoms with Gasteiger partial charge in [0, 0.05) is 12.0 Å². The number of hydrogen-bond donors (Lipinski definition) is 2. The first kappa shape index (κ1) is 14.6. The van der Waals surface area contributed by atoms with Crippen LogP contribution >= 0.6 is 0 Å². The molecule has 0 saturated carbocycles. The van der Waals surface area contributed by atoms with Crippen molar-refractivity contribution in [2.24, 2.45) is 0 Å². The smallest absolute Gasteiger partial charge is 0.274 e. The van der Waals surface area contributed by atoms with Crippen molar-refractivity contribution in [1.29, 1.82) is 0 Å². The number of rotatable bonds is 2. The molecule has 116 valence electrons. The van der Waals surface area contributed by atoms with E-state index in [4.69, 9.17) is 4.74 Å². The summed E-state index contributed by atoms with van der Waals surface area (Å²) in [7, 11) is 0. The van der Waals surface area contributed by atoms with Crippen molar-refractivity contribution < 1.29 is 9.53 Å². The van der Waals surface area contributed by atoms with Crippen LogP contribution in [0.5, 0.6) is 5.75 Å². The molecule has 0 aliphatic carbocycles. The summed E-state index contributed by atoms with van der Waals surface area (Å²) in [6.45, 7) is 7.83. The van der Waals surface area contributed by atoms with E-state index in [1.807, 2.05) is 32.9 Å². The maximum Gasteiger partial charge on any atom is 0.274 e. The predicted molar refractivity (Wildman–Crippen MR) is 81.8 cm³/mol. The summed E-state index contributed by atoms with van der Waals surface area (Å²) in [5.74, 6) is 0.602. The monoisotopic (exact) mass is 300 g/mol. The average molecular weight is 300 g/mol. The minimum absolute atomic E-state index is 0.109. The van der Waals surface area contributed by atoms with Gasteiger partial charge in [0.2, 0.25) is 0 Å². The molecule has 1 unspecified atom stereocenters. The molecule has 0 spiro atoms. The van der Waals surface area contributed by atoms with E-state index in [1.165, 1.54) is 0 Å². The number of carbonyl (C=O) groups excluding carboxylic acids is 1. The van der Waals surface area contributed by atoms with E-state index in [0.717, 1.165) is 16.9 Å². The molecule has 1 aliphatic heterocycles. The number of benzene rings is 1.